The first-order chi connectivity index (χ1) is 11.6. The van der Waals surface area contributed by atoms with E-state index in [1.807, 2.05) is 12.1 Å². The Bertz CT molecular complexity index is 1090. The van der Waals surface area contributed by atoms with Crippen molar-refractivity contribution in [3.8, 4) is 11.5 Å². The molecular weight excluding hydrogens is 296 g/mol. The van der Waals surface area contributed by atoms with Gasteiger partial charge in [-0.05, 0) is 53.8 Å². The fourth-order valence-corrected chi connectivity index (χ4v) is 3.82. The van der Waals surface area contributed by atoms with Crippen molar-refractivity contribution in [2.24, 2.45) is 0 Å². The van der Waals surface area contributed by atoms with Crippen molar-refractivity contribution < 1.29 is 9.47 Å². The molecule has 0 radical (unpaired) electrons. The lowest BCUT2D eigenvalue weighted by molar-refractivity contribution is 0.418. The van der Waals surface area contributed by atoms with Crippen molar-refractivity contribution in [3.05, 3.63) is 59.7 Å². The van der Waals surface area contributed by atoms with Crippen LogP contribution < -0.4 is 9.47 Å². The number of benzene rings is 4. The van der Waals surface area contributed by atoms with Crippen LogP contribution in [0.3, 0.4) is 0 Å². The molecule has 2 nitrogen and oxygen atoms in total. The van der Waals surface area contributed by atoms with Crippen molar-refractivity contribution >= 4 is 32.3 Å². The summed E-state index contributed by atoms with van der Waals surface area (Å²) >= 11 is 0. The van der Waals surface area contributed by atoms with Gasteiger partial charge >= 0.3 is 0 Å². The first kappa shape index (κ1) is 14.8. The molecule has 0 aliphatic heterocycles. The Balaban J connectivity index is 2.38. The molecule has 24 heavy (non-hydrogen) atoms. The summed E-state index contributed by atoms with van der Waals surface area (Å²) in [4.78, 5) is 0. The molecule has 4 rings (SSSR count). The van der Waals surface area contributed by atoms with Crippen LogP contribution in [0, 0.1) is 13.8 Å². The molecule has 0 aliphatic rings. The predicted octanol–water partition coefficient (Wildman–Crippen LogP) is 5.78. The van der Waals surface area contributed by atoms with Crippen LogP contribution in [0.4, 0.5) is 0 Å². The molecule has 0 fully saturated rings. The van der Waals surface area contributed by atoms with Gasteiger partial charge in [0.1, 0.15) is 11.5 Å². The highest BCUT2D eigenvalue weighted by Crippen LogP contribution is 2.42. The van der Waals surface area contributed by atoms with Crippen molar-refractivity contribution in [2.45, 2.75) is 13.8 Å². The summed E-state index contributed by atoms with van der Waals surface area (Å²) in [7, 11) is 3.46. The summed E-state index contributed by atoms with van der Waals surface area (Å²) in [6.45, 7) is 4.32. The number of methoxy groups -OCH3 is 2. The van der Waals surface area contributed by atoms with Crippen molar-refractivity contribution in [3.63, 3.8) is 0 Å². The van der Waals surface area contributed by atoms with Crippen LogP contribution >= 0.6 is 0 Å². The number of aryl methyl sites for hydroxylation is 2. The van der Waals surface area contributed by atoms with E-state index in [9.17, 15) is 0 Å². The van der Waals surface area contributed by atoms with E-state index >= 15 is 0 Å². The highest BCUT2D eigenvalue weighted by atomic mass is 16.5. The van der Waals surface area contributed by atoms with E-state index in [0.717, 1.165) is 27.7 Å². The number of ether oxygens (including phenoxy) is 2. The first-order valence-corrected chi connectivity index (χ1v) is 8.11. The summed E-state index contributed by atoms with van der Waals surface area (Å²) in [6, 6.07) is 17.1. The Morgan fingerprint density at radius 2 is 1.42 bits per heavy atom. The van der Waals surface area contributed by atoms with Gasteiger partial charge in [-0.3, -0.25) is 0 Å². The first-order valence-electron chi connectivity index (χ1n) is 8.11. The van der Waals surface area contributed by atoms with Crippen molar-refractivity contribution in [1.29, 1.82) is 0 Å². The van der Waals surface area contributed by atoms with E-state index in [1.54, 1.807) is 14.2 Å². The number of hydrogen-bond donors (Lipinski definition) is 0. The van der Waals surface area contributed by atoms with Gasteiger partial charge in [-0.25, -0.2) is 0 Å². The zero-order chi connectivity index (χ0) is 16.8. The van der Waals surface area contributed by atoms with Gasteiger partial charge < -0.3 is 9.47 Å². The third-order valence-electron chi connectivity index (χ3n) is 4.76. The molecule has 0 spiro atoms. The summed E-state index contributed by atoms with van der Waals surface area (Å²) in [5.41, 5.74) is 2.55. The zero-order valence-electron chi connectivity index (χ0n) is 14.4. The predicted molar refractivity (Wildman–Crippen MR) is 102 cm³/mol. The summed E-state index contributed by atoms with van der Waals surface area (Å²) in [6.07, 6.45) is 0. The van der Waals surface area contributed by atoms with Crippen LogP contribution in [0.2, 0.25) is 0 Å². The van der Waals surface area contributed by atoms with Gasteiger partial charge in [-0.1, -0.05) is 35.9 Å². The molecule has 0 saturated carbocycles. The van der Waals surface area contributed by atoms with E-state index in [4.69, 9.17) is 9.47 Å². The third-order valence-corrected chi connectivity index (χ3v) is 4.76. The Morgan fingerprint density at radius 3 is 2.17 bits per heavy atom. The fraction of sp³-hybridized carbons (Fsp3) is 0.182. The maximum absolute atomic E-state index is 5.68. The minimum Gasteiger partial charge on any atom is -0.496 e. The van der Waals surface area contributed by atoms with Crippen LogP contribution in [-0.2, 0) is 0 Å². The number of fused-ring (bicyclic) bond motifs is 5. The summed E-state index contributed by atoms with van der Waals surface area (Å²) < 4.78 is 11.4. The molecule has 120 valence electrons. The SMILES string of the molecule is COc1cc2cccc(OC)c2c2c1ccc1cc(C)cc(C)c12. The smallest absolute Gasteiger partial charge is 0.127 e. The maximum Gasteiger partial charge on any atom is 0.127 e. The molecule has 0 atom stereocenters. The van der Waals surface area contributed by atoms with Crippen molar-refractivity contribution in [2.75, 3.05) is 14.2 Å². The highest BCUT2D eigenvalue weighted by Gasteiger charge is 2.15. The van der Waals surface area contributed by atoms with Crippen LogP contribution in [0.1, 0.15) is 11.1 Å². The lowest BCUT2D eigenvalue weighted by Crippen LogP contribution is -1.92. The van der Waals surface area contributed by atoms with Crippen LogP contribution in [0.15, 0.2) is 48.5 Å². The third kappa shape index (κ3) is 2.03. The van der Waals surface area contributed by atoms with Crippen LogP contribution in [0.5, 0.6) is 11.5 Å². The van der Waals surface area contributed by atoms with Gasteiger partial charge in [-0.15, -0.1) is 0 Å². The van der Waals surface area contributed by atoms with Gasteiger partial charge in [0.2, 0.25) is 0 Å². The molecule has 0 amide bonds. The van der Waals surface area contributed by atoms with E-state index < -0.39 is 0 Å². The largest absolute Gasteiger partial charge is 0.496 e. The van der Waals surface area contributed by atoms with Gasteiger partial charge in [0, 0.05) is 16.2 Å². The van der Waals surface area contributed by atoms with Gasteiger partial charge in [0.25, 0.3) is 0 Å². The fourth-order valence-electron chi connectivity index (χ4n) is 3.82. The van der Waals surface area contributed by atoms with Gasteiger partial charge in [0.15, 0.2) is 0 Å². The minimum atomic E-state index is 0.896. The van der Waals surface area contributed by atoms with Crippen molar-refractivity contribution in [1.82, 2.24) is 0 Å². The number of hydrogen-bond acceptors (Lipinski definition) is 2. The molecular formula is C22H20O2. The quantitative estimate of drug-likeness (QED) is 0.436. The van der Waals surface area contributed by atoms with Gasteiger partial charge in [-0.2, -0.15) is 0 Å². The molecule has 0 saturated heterocycles. The highest BCUT2D eigenvalue weighted by molar-refractivity contribution is 6.24. The average molecular weight is 316 g/mol. The van der Waals surface area contributed by atoms with E-state index in [2.05, 4.69) is 50.2 Å². The van der Waals surface area contributed by atoms with Crippen LogP contribution in [0.25, 0.3) is 32.3 Å². The molecule has 0 bridgehead atoms. The summed E-state index contributed by atoms with van der Waals surface area (Å²) in [5.74, 6) is 1.79. The van der Waals surface area contributed by atoms with Crippen LogP contribution in [-0.4, -0.2) is 14.2 Å². The lowest BCUT2D eigenvalue weighted by atomic mass is 9.92. The Labute approximate surface area is 141 Å². The maximum atomic E-state index is 5.68. The molecule has 0 aliphatic carbocycles. The molecule has 0 N–H and O–H groups in total. The van der Waals surface area contributed by atoms with E-state index in [1.165, 1.54) is 27.3 Å². The second-order valence-electron chi connectivity index (χ2n) is 6.31. The molecule has 2 heteroatoms. The van der Waals surface area contributed by atoms with E-state index in [0.29, 0.717) is 0 Å². The normalized spacial score (nSPS) is 11.3. The Morgan fingerprint density at radius 1 is 0.667 bits per heavy atom. The lowest BCUT2D eigenvalue weighted by Gasteiger charge is -2.16. The molecule has 0 heterocycles. The summed E-state index contributed by atoms with van der Waals surface area (Å²) in [5, 5.41) is 7.12. The second kappa shape index (κ2) is 5.41. The second-order valence-corrected chi connectivity index (χ2v) is 6.31. The van der Waals surface area contributed by atoms with Gasteiger partial charge in [0.05, 0.1) is 14.2 Å². The number of rotatable bonds is 2. The minimum absolute atomic E-state index is 0.896. The molecule has 0 aromatic heterocycles. The monoisotopic (exact) mass is 316 g/mol. The molecule has 4 aromatic rings. The Hall–Kier alpha value is -2.74. The topological polar surface area (TPSA) is 18.5 Å². The zero-order valence-corrected chi connectivity index (χ0v) is 14.4. The Kier molecular flexibility index (Phi) is 3.34. The average Bonchev–Trinajstić information content (AvgIpc) is 2.59. The molecule has 0 unspecified atom stereocenters. The molecule has 4 aromatic carbocycles. The standard InChI is InChI=1S/C22H20O2/c1-13-10-14(2)20-16(11-13)8-9-17-19(24-4)12-15-6-5-7-18(23-3)21(15)22(17)20/h5-12H,1-4H3. The van der Waals surface area contributed by atoms with E-state index in [-0.39, 0.29) is 0 Å².